The smallest absolute Gasteiger partial charge is 0.0273 e. The van der Waals surface area contributed by atoms with Crippen molar-refractivity contribution < 1.29 is 0 Å². The van der Waals surface area contributed by atoms with Gasteiger partial charge in [0.05, 0.1) is 0 Å². The van der Waals surface area contributed by atoms with Crippen LogP contribution in [-0.2, 0) is 6.54 Å². The molecule has 1 rings (SSSR count). The number of thiophene rings is 1. The Hall–Kier alpha value is -0.340. The molecule has 1 nitrogen and oxygen atoms in total. The van der Waals surface area contributed by atoms with Crippen LogP contribution in [0.2, 0.25) is 0 Å². The molecule has 1 aromatic heterocycles. The maximum Gasteiger partial charge on any atom is 0.0273 e. The molecule has 2 heteroatoms. The lowest BCUT2D eigenvalue weighted by molar-refractivity contribution is 0.737. The second-order valence-corrected chi connectivity index (χ2v) is 4.05. The maximum absolute atomic E-state index is 5.30. The zero-order valence-electron chi connectivity index (χ0n) is 7.50. The fourth-order valence-electron chi connectivity index (χ4n) is 0.429. The molecule has 0 fully saturated rings. The largest absolute Gasteiger partial charge is 0.326 e. The summed E-state index contributed by atoms with van der Waals surface area (Å²) in [6.07, 6.45) is 0. The van der Waals surface area contributed by atoms with Crippen molar-refractivity contribution in [3.05, 3.63) is 22.4 Å². The van der Waals surface area contributed by atoms with Crippen LogP contribution in [0, 0.1) is 5.92 Å². The molecule has 1 aromatic rings. The quantitative estimate of drug-likeness (QED) is 0.691. The minimum absolute atomic E-state index is 0.678. The molecular formula is C9H17NS. The van der Waals surface area contributed by atoms with Gasteiger partial charge in [-0.15, -0.1) is 11.3 Å². The molecule has 0 spiro atoms. The first-order chi connectivity index (χ1) is 5.16. The lowest BCUT2D eigenvalue weighted by Gasteiger charge is -1.79. The Labute approximate surface area is 73.2 Å². The first-order valence-electron chi connectivity index (χ1n) is 3.89. The molecule has 0 saturated heterocycles. The Morgan fingerprint density at radius 1 is 1.45 bits per heavy atom. The predicted octanol–water partition coefficient (Wildman–Crippen LogP) is 2.87. The molecule has 0 saturated carbocycles. The van der Waals surface area contributed by atoms with E-state index in [9.17, 15) is 0 Å². The van der Waals surface area contributed by atoms with Crippen LogP contribution in [0.15, 0.2) is 17.5 Å². The standard InChI is InChI=1S/C5H7NS.C4H10/c6-4-5-2-1-3-7-5;1-4(2)3/h1-3H,4,6H2;4H,1-3H3. The van der Waals surface area contributed by atoms with Gasteiger partial charge in [0, 0.05) is 11.4 Å². The van der Waals surface area contributed by atoms with Crippen molar-refractivity contribution in [3.63, 3.8) is 0 Å². The van der Waals surface area contributed by atoms with E-state index >= 15 is 0 Å². The summed E-state index contributed by atoms with van der Waals surface area (Å²) in [5.41, 5.74) is 5.30. The van der Waals surface area contributed by atoms with E-state index < -0.39 is 0 Å². The number of nitrogens with two attached hydrogens (primary N) is 1. The van der Waals surface area contributed by atoms with Crippen molar-refractivity contribution in [2.45, 2.75) is 27.3 Å². The van der Waals surface area contributed by atoms with E-state index in [0.29, 0.717) is 6.54 Å². The minimum Gasteiger partial charge on any atom is -0.326 e. The maximum atomic E-state index is 5.30. The third-order valence-electron chi connectivity index (χ3n) is 0.781. The van der Waals surface area contributed by atoms with Crippen LogP contribution in [0.25, 0.3) is 0 Å². The summed E-state index contributed by atoms with van der Waals surface area (Å²) >= 11 is 1.70. The molecule has 2 N–H and O–H groups in total. The lowest BCUT2D eigenvalue weighted by Crippen LogP contribution is -1.90. The number of hydrogen-bond donors (Lipinski definition) is 1. The second kappa shape index (κ2) is 6.38. The molecular weight excluding hydrogens is 154 g/mol. The first kappa shape index (κ1) is 10.7. The summed E-state index contributed by atoms with van der Waals surface area (Å²) < 4.78 is 0. The molecule has 64 valence electrons. The van der Waals surface area contributed by atoms with Crippen molar-refractivity contribution in [2.24, 2.45) is 11.7 Å². The zero-order valence-corrected chi connectivity index (χ0v) is 8.32. The first-order valence-corrected chi connectivity index (χ1v) is 4.77. The number of rotatable bonds is 1. The van der Waals surface area contributed by atoms with E-state index in [4.69, 9.17) is 5.73 Å². The van der Waals surface area contributed by atoms with Gasteiger partial charge in [0.1, 0.15) is 0 Å². The van der Waals surface area contributed by atoms with Gasteiger partial charge in [0.25, 0.3) is 0 Å². The molecule has 0 bridgehead atoms. The molecule has 0 atom stereocenters. The molecule has 0 aliphatic carbocycles. The molecule has 11 heavy (non-hydrogen) atoms. The van der Waals surface area contributed by atoms with Crippen molar-refractivity contribution >= 4 is 11.3 Å². The summed E-state index contributed by atoms with van der Waals surface area (Å²) in [7, 11) is 0. The number of hydrogen-bond acceptors (Lipinski definition) is 2. The van der Waals surface area contributed by atoms with Gasteiger partial charge in [-0.1, -0.05) is 26.8 Å². The van der Waals surface area contributed by atoms with Crippen LogP contribution >= 0.6 is 11.3 Å². The normalized spacial score (nSPS) is 9.18. The van der Waals surface area contributed by atoms with E-state index in [-0.39, 0.29) is 0 Å². The summed E-state index contributed by atoms with van der Waals surface area (Å²) in [6.45, 7) is 7.18. The molecule has 0 amide bonds. The van der Waals surface area contributed by atoms with Crippen molar-refractivity contribution in [2.75, 3.05) is 0 Å². The van der Waals surface area contributed by atoms with Crippen molar-refractivity contribution in [1.82, 2.24) is 0 Å². The fourth-order valence-corrected chi connectivity index (χ4v) is 1.01. The summed E-state index contributed by atoms with van der Waals surface area (Å²) in [5, 5.41) is 2.03. The van der Waals surface area contributed by atoms with Gasteiger partial charge in [-0.2, -0.15) is 0 Å². The van der Waals surface area contributed by atoms with Gasteiger partial charge < -0.3 is 5.73 Å². The van der Waals surface area contributed by atoms with Gasteiger partial charge in [-0.05, 0) is 17.4 Å². The van der Waals surface area contributed by atoms with Crippen molar-refractivity contribution in [3.8, 4) is 0 Å². The average Bonchev–Trinajstić information content (AvgIpc) is 2.36. The van der Waals surface area contributed by atoms with Crippen LogP contribution in [0.5, 0.6) is 0 Å². The van der Waals surface area contributed by atoms with Gasteiger partial charge in [-0.25, -0.2) is 0 Å². The zero-order chi connectivity index (χ0) is 8.69. The van der Waals surface area contributed by atoms with E-state index in [2.05, 4.69) is 20.8 Å². The monoisotopic (exact) mass is 171 g/mol. The van der Waals surface area contributed by atoms with Crippen LogP contribution in [-0.4, -0.2) is 0 Å². The van der Waals surface area contributed by atoms with Crippen LogP contribution in [0.1, 0.15) is 25.6 Å². The van der Waals surface area contributed by atoms with Crippen molar-refractivity contribution in [1.29, 1.82) is 0 Å². The van der Waals surface area contributed by atoms with E-state index in [0.717, 1.165) is 5.92 Å². The Balaban J connectivity index is 0.000000218. The molecule has 0 unspecified atom stereocenters. The predicted molar refractivity (Wildman–Crippen MR) is 52.7 cm³/mol. The topological polar surface area (TPSA) is 26.0 Å². The highest BCUT2D eigenvalue weighted by atomic mass is 32.1. The van der Waals surface area contributed by atoms with E-state index in [1.807, 2.05) is 17.5 Å². The van der Waals surface area contributed by atoms with Crippen LogP contribution < -0.4 is 5.73 Å². The van der Waals surface area contributed by atoms with Gasteiger partial charge in [-0.3, -0.25) is 0 Å². The fraction of sp³-hybridized carbons (Fsp3) is 0.556. The Morgan fingerprint density at radius 2 is 2.00 bits per heavy atom. The summed E-state index contributed by atoms with van der Waals surface area (Å²) in [6, 6.07) is 4.04. The highest BCUT2D eigenvalue weighted by molar-refractivity contribution is 7.09. The molecule has 0 aliphatic heterocycles. The minimum atomic E-state index is 0.678. The Kier molecular flexibility index (Phi) is 6.18. The molecule has 1 heterocycles. The Morgan fingerprint density at radius 3 is 2.18 bits per heavy atom. The van der Waals surface area contributed by atoms with Gasteiger partial charge in [0.15, 0.2) is 0 Å². The highest BCUT2D eigenvalue weighted by Crippen LogP contribution is 2.05. The second-order valence-electron chi connectivity index (χ2n) is 3.02. The lowest BCUT2D eigenvalue weighted by atomic mass is 10.3. The molecule has 0 radical (unpaired) electrons. The van der Waals surface area contributed by atoms with Crippen LogP contribution in [0.4, 0.5) is 0 Å². The third kappa shape index (κ3) is 7.56. The van der Waals surface area contributed by atoms with E-state index in [1.165, 1.54) is 4.88 Å². The van der Waals surface area contributed by atoms with Gasteiger partial charge in [0.2, 0.25) is 0 Å². The third-order valence-corrected chi connectivity index (χ3v) is 1.68. The average molecular weight is 171 g/mol. The van der Waals surface area contributed by atoms with Gasteiger partial charge >= 0.3 is 0 Å². The Bertz CT molecular complexity index is 153. The van der Waals surface area contributed by atoms with Crippen LogP contribution in [0.3, 0.4) is 0 Å². The summed E-state index contributed by atoms with van der Waals surface area (Å²) in [5.74, 6) is 0.833. The highest BCUT2D eigenvalue weighted by Gasteiger charge is 1.82. The SMILES string of the molecule is CC(C)C.NCc1cccs1. The van der Waals surface area contributed by atoms with E-state index in [1.54, 1.807) is 11.3 Å². The molecule has 0 aromatic carbocycles. The summed E-state index contributed by atoms with van der Waals surface area (Å²) in [4.78, 5) is 1.25. The molecule has 0 aliphatic rings.